The van der Waals surface area contributed by atoms with E-state index in [1.165, 1.54) is 31.3 Å². The Morgan fingerprint density at radius 3 is 2.50 bits per heavy atom. The molecule has 0 N–H and O–H groups in total. The van der Waals surface area contributed by atoms with E-state index in [0.717, 1.165) is 38.3 Å². The molecule has 20 heavy (non-hydrogen) atoms. The van der Waals surface area contributed by atoms with Crippen molar-refractivity contribution in [3.8, 4) is 0 Å². The first-order valence-electron chi connectivity index (χ1n) is 8.23. The summed E-state index contributed by atoms with van der Waals surface area (Å²) >= 11 is 0. The molecule has 1 aliphatic heterocycles. The molecule has 3 aliphatic rings. The number of rotatable bonds is 2. The molecule has 0 spiro atoms. The summed E-state index contributed by atoms with van der Waals surface area (Å²) in [4.78, 5) is 14.4. The minimum Gasteiger partial charge on any atom is -0.438 e. The van der Waals surface area contributed by atoms with Gasteiger partial charge in [0.15, 0.2) is 0 Å². The number of fused-ring (bicyclic) bond motifs is 2. The predicted molar refractivity (Wildman–Crippen MR) is 79.5 cm³/mol. The Bertz CT molecular complexity index is 407. The SMILES string of the molecule is CC(C)=CC1(OC(=O)N2CCCCC2)CC2CCC1C2. The lowest BCUT2D eigenvalue weighted by atomic mass is 9.82. The summed E-state index contributed by atoms with van der Waals surface area (Å²) in [5.74, 6) is 1.32. The fourth-order valence-electron chi connectivity index (χ4n) is 4.45. The highest BCUT2D eigenvalue weighted by Crippen LogP contribution is 2.53. The minimum atomic E-state index is -0.295. The van der Waals surface area contributed by atoms with Gasteiger partial charge in [-0.05, 0) is 70.8 Å². The Labute approximate surface area is 122 Å². The molecule has 2 saturated carbocycles. The molecule has 3 unspecified atom stereocenters. The van der Waals surface area contributed by atoms with Crippen LogP contribution in [-0.4, -0.2) is 29.7 Å². The van der Waals surface area contributed by atoms with Gasteiger partial charge in [-0.25, -0.2) is 4.79 Å². The molecule has 1 saturated heterocycles. The van der Waals surface area contributed by atoms with Crippen molar-refractivity contribution in [2.24, 2.45) is 11.8 Å². The number of carbonyl (C=O) groups excluding carboxylic acids is 1. The van der Waals surface area contributed by atoms with E-state index in [0.29, 0.717) is 5.92 Å². The molecular formula is C17H27NO2. The number of ether oxygens (including phenoxy) is 1. The molecule has 112 valence electrons. The van der Waals surface area contributed by atoms with Gasteiger partial charge in [0.25, 0.3) is 0 Å². The zero-order chi connectivity index (χ0) is 14.2. The van der Waals surface area contributed by atoms with Crippen molar-refractivity contribution in [2.75, 3.05) is 13.1 Å². The number of hydrogen-bond acceptors (Lipinski definition) is 2. The van der Waals surface area contributed by atoms with Gasteiger partial charge >= 0.3 is 6.09 Å². The standard InChI is InChI=1S/C17H27NO2/c1-13(2)11-17(12-14-6-7-15(17)10-14)20-16(19)18-8-4-3-5-9-18/h11,14-15H,3-10,12H2,1-2H3. The van der Waals surface area contributed by atoms with Gasteiger partial charge in [-0.2, -0.15) is 0 Å². The summed E-state index contributed by atoms with van der Waals surface area (Å²) in [5.41, 5.74) is 0.972. The second-order valence-electron chi connectivity index (χ2n) is 7.17. The Hall–Kier alpha value is -0.990. The van der Waals surface area contributed by atoms with E-state index in [1.807, 2.05) is 4.90 Å². The Morgan fingerprint density at radius 1 is 1.20 bits per heavy atom. The lowest BCUT2D eigenvalue weighted by Crippen LogP contribution is -2.45. The van der Waals surface area contributed by atoms with Crippen LogP contribution in [0.25, 0.3) is 0 Å². The van der Waals surface area contributed by atoms with Crippen LogP contribution in [0.1, 0.15) is 58.8 Å². The number of likely N-dealkylation sites (tertiary alicyclic amines) is 1. The topological polar surface area (TPSA) is 29.5 Å². The first kappa shape index (κ1) is 14.0. The van der Waals surface area contributed by atoms with E-state index in [-0.39, 0.29) is 11.7 Å². The maximum atomic E-state index is 12.5. The van der Waals surface area contributed by atoms with E-state index in [9.17, 15) is 4.79 Å². The van der Waals surface area contributed by atoms with Crippen molar-refractivity contribution in [3.63, 3.8) is 0 Å². The predicted octanol–water partition coefficient (Wildman–Crippen LogP) is 4.13. The zero-order valence-corrected chi connectivity index (χ0v) is 12.9. The van der Waals surface area contributed by atoms with Crippen LogP contribution in [0.4, 0.5) is 4.79 Å². The number of carbonyl (C=O) groups is 1. The van der Waals surface area contributed by atoms with Crippen LogP contribution in [0.3, 0.4) is 0 Å². The normalized spacial score (nSPS) is 36.0. The van der Waals surface area contributed by atoms with Crippen LogP contribution in [0, 0.1) is 11.8 Å². The second-order valence-corrected chi connectivity index (χ2v) is 7.17. The van der Waals surface area contributed by atoms with Gasteiger partial charge in [0.1, 0.15) is 5.60 Å². The zero-order valence-electron chi connectivity index (χ0n) is 12.9. The van der Waals surface area contributed by atoms with Gasteiger partial charge in [0, 0.05) is 19.0 Å². The van der Waals surface area contributed by atoms with Gasteiger partial charge in [-0.3, -0.25) is 0 Å². The van der Waals surface area contributed by atoms with Gasteiger partial charge in [-0.1, -0.05) is 5.57 Å². The third kappa shape index (κ3) is 2.59. The highest BCUT2D eigenvalue weighted by Gasteiger charge is 2.52. The van der Waals surface area contributed by atoms with Gasteiger partial charge in [-0.15, -0.1) is 0 Å². The molecule has 2 aliphatic carbocycles. The van der Waals surface area contributed by atoms with Gasteiger partial charge in [0.05, 0.1) is 0 Å². The van der Waals surface area contributed by atoms with E-state index in [1.54, 1.807) is 0 Å². The molecule has 3 fully saturated rings. The third-order valence-electron chi connectivity index (χ3n) is 5.26. The summed E-state index contributed by atoms with van der Waals surface area (Å²) in [6.45, 7) is 5.97. The largest absolute Gasteiger partial charge is 0.438 e. The van der Waals surface area contributed by atoms with Crippen molar-refractivity contribution >= 4 is 6.09 Å². The molecule has 0 aromatic carbocycles. The monoisotopic (exact) mass is 277 g/mol. The summed E-state index contributed by atoms with van der Waals surface area (Å²) < 4.78 is 6.09. The van der Waals surface area contributed by atoms with Crippen LogP contribution in [0.15, 0.2) is 11.6 Å². The van der Waals surface area contributed by atoms with Crippen LogP contribution in [0.5, 0.6) is 0 Å². The van der Waals surface area contributed by atoms with E-state index < -0.39 is 0 Å². The molecule has 3 nitrogen and oxygen atoms in total. The average molecular weight is 277 g/mol. The summed E-state index contributed by atoms with van der Waals surface area (Å²) in [5, 5.41) is 0. The number of nitrogens with zero attached hydrogens (tertiary/aromatic N) is 1. The maximum absolute atomic E-state index is 12.5. The summed E-state index contributed by atoms with van der Waals surface area (Å²) in [7, 11) is 0. The average Bonchev–Trinajstić information content (AvgIpc) is 2.99. The van der Waals surface area contributed by atoms with Gasteiger partial charge in [0.2, 0.25) is 0 Å². The molecule has 0 aromatic rings. The molecule has 3 rings (SSSR count). The number of allylic oxidation sites excluding steroid dienone is 1. The van der Waals surface area contributed by atoms with Crippen molar-refractivity contribution in [1.82, 2.24) is 4.90 Å². The van der Waals surface area contributed by atoms with Crippen LogP contribution in [-0.2, 0) is 4.74 Å². The molecular weight excluding hydrogens is 250 g/mol. The second kappa shape index (κ2) is 5.42. The van der Waals surface area contributed by atoms with E-state index in [2.05, 4.69) is 19.9 Å². The minimum absolute atomic E-state index is 0.0743. The molecule has 1 heterocycles. The fourth-order valence-corrected chi connectivity index (χ4v) is 4.45. The lowest BCUT2D eigenvalue weighted by Gasteiger charge is -2.37. The summed E-state index contributed by atoms with van der Waals surface area (Å²) in [6.07, 6.45) is 10.5. The van der Waals surface area contributed by atoms with Crippen LogP contribution < -0.4 is 0 Å². The van der Waals surface area contributed by atoms with Crippen molar-refractivity contribution in [2.45, 2.75) is 64.4 Å². The highest BCUT2D eigenvalue weighted by molar-refractivity contribution is 5.68. The van der Waals surface area contributed by atoms with Crippen molar-refractivity contribution in [3.05, 3.63) is 11.6 Å². The Balaban J connectivity index is 1.74. The Kier molecular flexibility index (Phi) is 3.78. The molecule has 0 radical (unpaired) electrons. The van der Waals surface area contributed by atoms with Crippen LogP contribution >= 0.6 is 0 Å². The lowest BCUT2D eigenvalue weighted by molar-refractivity contribution is -0.0152. The summed E-state index contributed by atoms with van der Waals surface area (Å²) in [6, 6.07) is 0. The molecule has 3 heteroatoms. The van der Waals surface area contributed by atoms with Crippen molar-refractivity contribution in [1.29, 1.82) is 0 Å². The Morgan fingerprint density at radius 2 is 1.95 bits per heavy atom. The smallest absolute Gasteiger partial charge is 0.410 e. The number of piperidine rings is 1. The quantitative estimate of drug-likeness (QED) is 0.710. The number of hydrogen-bond donors (Lipinski definition) is 0. The van der Waals surface area contributed by atoms with Crippen LogP contribution in [0.2, 0.25) is 0 Å². The number of amides is 1. The highest BCUT2D eigenvalue weighted by atomic mass is 16.6. The molecule has 3 atom stereocenters. The third-order valence-corrected chi connectivity index (χ3v) is 5.26. The van der Waals surface area contributed by atoms with Crippen molar-refractivity contribution < 1.29 is 9.53 Å². The molecule has 1 amide bonds. The molecule has 2 bridgehead atoms. The first-order valence-corrected chi connectivity index (χ1v) is 8.23. The molecule has 0 aromatic heterocycles. The van der Waals surface area contributed by atoms with E-state index >= 15 is 0 Å². The maximum Gasteiger partial charge on any atom is 0.410 e. The fraction of sp³-hybridized carbons (Fsp3) is 0.824. The van der Waals surface area contributed by atoms with Gasteiger partial charge < -0.3 is 9.64 Å². The van der Waals surface area contributed by atoms with E-state index in [4.69, 9.17) is 4.74 Å². The first-order chi connectivity index (χ1) is 9.59.